The first-order chi connectivity index (χ1) is 10.8. The number of carbonyl (C=O) groups is 1. The van der Waals surface area contributed by atoms with Gasteiger partial charge in [-0.2, -0.15) is 0 Å². The van der Waals surface area contributed by atoms with Gasteiger partial charge in [-0.3, -0.25) is 0 Å². The SMILES string of the molecule is CCN(C(=O)NCCCOCC1CCCO1)C1CCCCC1. The number of ether oxygens (including phenoxy) is 2. The number of nitrogens with zero attached hydrogens (tertiary/aromatic N) is 1. The lowest BCUT2D eigenvalue weighted by atomic mass is 9.94. The molecule has 2 amide bonds. The Balaban J connectivity index is 1.53. The number of urea groups is 1. The molecule has 1 saturated heterocycles. The van der Waals surface area contributed by atoms with E-state index in [0.717, 1.165) is 45.3 Å². The van der Waals surface area contributed by atoms with Crippen molar-refractivity contribution in [2.75, 3.05) is 32.9 Å². The molecule has 0 aromatic heterocycles. The van der Waals surface area contributed by atoms with Crippen molar-refractivity contribution in [2.45, 2.75) is 70.4 Å². The van der Waals surface area contributed by atoms with Crippen LogP contribution in [0.2, 0.25) is 0 Å². The zero-order valence-corrected chi connectivity index (χ0v) is 14.0. The Kier molecular flexibility index (Phi) is 8.02. The van der Waals surface area contributed by atoms with Gasteiger partial charge in [-0.05, 0) is 39.0 Å². The molecule has 0 aromatic carbocycles. The largest absolute Gasteiger partial charge is 0.379 e. The van der Waals surface area contributed by atoms with Crippen molar-refractivity contribution >= 4 is 6.03 Å². The molecule has 5 heteroatoms. The van der Waals surface area contributed by atoms with Crippen molar-refractivity contribution in [1.82, 2.24) is 10.2 Å². The molecule has 1 aliphatic carbocycles. The number of amides is 2. The molecular weight excluding hydrogens is 280 g/mol. The average molecular weight is 312 g/mol. The molecule has 1 atom stereocenters. The molecule has 128 valence electrons. The topological polar surface area (TPSA) is 50.8 Å². The Morgan fingerprint density at radius 3 is 2.73 bits per heavy atom. The van der Waals surface area contributed by atoms with Crippen LogP contribution in [-0.4, -0.2) is 56.0 Å². The molecule has 1 saturated carbocycles. The Labute approximate surface area is 134 Å². The van der Waals surface area contributed by atoms with E-state index in [0.29, 0.717) is 25.8 Å². The molecule has 0 radical (unpaired) electrons. The summed E-state index contributed by atoms with van der Waals surface area (Å²) >= 11 is 0. The number of rotatable bonds is 8. The molecule has 5 nitrogen and oxygen atoms in total. The van der Waals surface area contributed by atoms with Crippen molar-refractivity contribution in [3.63, 3.8) is 0 Å². The molecule has 1 unspecified atom stereocenters. The van der Waals surface area contributed by atoms with Crippen LogP contribution in [0.3, 0.4) is 0 Å². The maximum atomic E-state index is 12.3. The smallest absolute Gasteiger partial charge is 0.317 e. The molecule has 1 heterocycles. The summed E-state index contributed by atoms with van der Waals surface area (Å²) in [7, 11) is 0. The molecule has 2 aliphatic rings. The third-order valence-electron chi connectivity index (χ3n) is 4.69. The molecule has 0 aromatic rings. The van der Waals surface area contributed by atoms with E-state index < -0.39 is 0 Å². The maximum Gasteiger partial charge on any atom is 0.317 e. The van der Waals surface area contributed by atoms with E-state index in [1.807, 2.05) is 4.90 Å². The first-order valence-electron chi connectivity index (χ1n) is 9.05. The fourth-order valence-corrected chi connectivity index (χ4v) is 3.42. The molecule has 0 spiro atoms. The van der Waals surface area contributed by atoms with E-state index in [1.165, 1.54) is 19.3 Å². The van der Waals surface area contributed by atoms with Gasteiger partial charge in [0.25, 0.3) is 0 Å². The van der Waals surface area contributed by atoms with Crippen molar-refractivity contribution in [3.8, 4) is 0 Å². The van der Waals surface area contributed by atoms with Gasteiger partial charge in [0.1, 0.15) is 0 Å². The van der Waals surface area contributed by atoms with Crippen LogP contribution >= 0.6 is 0 Å². The lowest BCUT2D eigenvalue weighted by Gasteiger charge is -2.33. The van der Waals surface area contributed by atoms with Gasteiger partial charge < -0.3 is 19.7 Å². The van der Waals surface area contributed by atoms with Crippen LogP contribution < -0.4 is 5.32 Å². The Bertz CT molecular complexity index is 313. The molecule has 0 bridgehead atoms. The summed E-state index contributed by atoms with van der Waals surface area (Å²) in [6.45, 7) is 5.81. The highest BCUT2D eigenvalue weighted by Gasteiger charge is 2.23. The first-order valence-corrected chi connectivity index (χ1v) is 9.05. The number of carbonyl (C=O) groups excluding carboxylic acids is 1. The zero-order valence-electron chi connectivity index (χ0n) is 14.0. The van der Waals surface area contributed by atoms with Gasteiger partial charge in [0.15, 0.2) is 0 Å². The van der Waals surface area contributed by atoms with Gasteiger partial charge in [0.05, 0.1) is 12.7 Å². The standard InChI is InChI=1S/C17H32N2O3/c1-2-19(15-8-4-3-5-9-15)17(20)18-11-7-12-21-14-16-10-6-13-22-16/h15-16H,2-14H2,1H3,(H,18,20). The number of nitrogens with one attached hydrogen (secondary N) is 1. The van der Waals surface area contributed by atoms with Crippen molar-refractivity contribution < 1.29 is 14.3 Å². The van der Waals surface area contributed by atoms with Gasteiger partial charge >= 0.3 is 6.03 Å². The van der Waals surface area contributed by atoms with Gasteiger partial charge in [-0.15, -0.1) is 0 Å². The van der Waals surface area contributed by atoms with Crippen LogP contribution in [0.25, 0.3) is 0 Å². The molecule has 1 aliphatic heterocycles. The van der Waals surface area contributed by atoms with Gasteiger partial charge in [-0.25, -0.2) is 4.79 Å². The van der Waals surface area contributed by atoms with Crippen LogP contribution in [0.5, 0.6) is 0 Å². The van der Waals surface area contributed by atoms with Gasteiger partial charge in [0, 0.05) is 32.3 Å². The normalized spacial score (nSPS) is 22.7. The summed E-state index contributed by atoms with van der Waals surface area (Å²) < 4.78 is 11.1. The van der Waals surface area contributed by atoms with Crippen LogP contribution in [0.1, 0.15) is 58.3 Å². The average Bonchev–Trinajstić information content (AvgIpc) is 3.06. The van der Waals surface area contributed by atoms with Gasteiger partial charge in [0.2, 0.25) is 0 Å². The van der Waals surface area contributed by atoms with Crippen LogP contribution in [-0.2, 0) is 9.47 Å². The second kappa shape index (κ2) is 10.1. The monoisotopic (exact) mass is 312 g/mol. The van der Waals surface area contributed by atoms with Crippen LogP contribution in [0.15, 0.2) is 0 Å². The third-order valence-corrected chi connectivity index (χ3v) is 4.69. The summed E-state index contributed by atoms with van der Waals surface area (Å²) in [6, 6.07) is 0.531. The van der Waals surface area contributed by atoms with Gasteiger partial charge in [-0.1, -0.05) is 19.3 Å². The van der Waals surface area contributed by atoms with E-state index >= 15 is 0 Å². The lowest BCUT2D eigenvalue weighted by molar-refractivity contribution is 0.0167. The van der Waals surface area contributed by atoms with Crippen LogP contribution in [0, 0.1) is 0 Å². The third kappa shape index (κ3) is 5.76. The Hall–Kier alpha value is -0.810. The summed E-state index contributed by atoms with van der Waals surface area (Å²) in [5, 5.41) is 3.04. The molecule has 22 heavy (non-hydrogen) atoms. The van der Waals surface area contributed by atoms with E-state index in [2.05, 4.69) is 12.2 Å². The highest BCUT2D eigenvalue weighted by atomic mass is 16.5. The highest BCUT2D eigenvalue weighted by molar-refractivity contribution is 5.74. The fourth-order valence-electron chi connectivity index (χ4n) is 3.42. The summed E-state index contributed by atoms with van der Waals surface area (Å²) in [5.74, 6) is 0. The second-order valence-electron chi connectivity index (χ2n) is 6.37. The summed E-state index contributed by atoms with van der Waals surface area (Å²) in [4.78, 5) is 14.3. The van der Waals surface area contributed by atoms with Crippen molar-refractivity contribution in [2.24, 2.45) is 0 Å². The van der Waals surface area contributed by atoms with E-state index in [9.17, 15) is 4.79 Å². The number of hydrogen-bond donors (Lipinski definition) is 1. The van der Waals surface area contributed by atoms with Crippen LogP contribution in [0.4, 0.5) is 4.79 Å². The highest BCUT2D eigenvalue weighted by Crippen LogP contribution is 2.22. The second-order valence-corrected chi connectivity index (χ2v) is 6.37. The van der Waals surface area contributed by atoms with E-state index in [1.54, 1.807) is 0 Å². The predicted molar refractivity (Wildman–Crippen MR) is 87.1 cm³/mol. The minimum Gasteiger partial charge on any atom is -0.379 e. The van der Waals surface area contributed by atoms with Crippen molar-refractivity contribution in [1.29, 1.82) is 0 Å². The first kappa shape index (κ1) is 17.5. The number of hydrogen-bond acceptors (Lipinski definition) is 3. The predicted octanol–water partition coefficient (Wildman–Crippen LogP) is 2.94. The van der Waals surface area contributed by atoms with E-state index in [4.69, 9.17) is 9.47 Å². The minimum absolute atomic E-state index is 0.0912. The molecule has 2 fully saturated rings. The Morgan fingerprint density at radius 1 is 1.23 bits per heavy atom. The summed E-state index contributed by atoms with van der Waals surface area (Å²) in [6.07, 6.45) is 9.56. The van der Waals surface area contributed by atoms with E-state index in [-0.39, 0.29) is 12.1 Å². The lowest BCUT2D eigenvalue weighted by Crippen LogP contribution is -2.47. The molecule has 1 N–H and O–H groups in total. The zero-order chi connectivity index (χ0) is 15.6. The maximum absolute atomic E-state index is 12.3. The quantitative estimate of drug-likeness (QED) is 0.701. The Morgan fingerprint density at radius 2 is 2.05 bits per heavy atom. The molecule has 2 rings (SSSR count). The molecular formula is C17H32N2O3. The fraction of sp³-hybridized carbons (Fsp3) is 0.941. The van der Waals surface area contributed by atoms with Crippen molar-refractivity contribution in [3.05, 3.63) is 0 Å². The minimum atomic E-state index is 0.0912. The summed E-state index contributed by atoms with van der Waals surface area (Å²) in [5.41, 5.74) is 0.